The van der Waals surface area contributed by atoms with E-state index in [2.05, 4.69) is 6.92 Å². The van der Waals surface area contributed by atoms with E-state index in [0.29, 0.717) is 0 Å². The Morgan fingerprint density at radius 2 is 1.43 bits per heavy atom. The topological polar surface area (TPSA) is 0 Å². The van der Waals surface area contributed by atoms with Gasteiger partial charge in [-0.05, 0) is 44.4 Å². The van der Waals surface area contributed by atoms with Crippen LogP contribution in [0.5, 0.6) is 0 Å². The van der Waals surface area contributed by atoms with E-state index in [1.54, 1.807) is 0 Å². The highest BCUT2D eigenvalue weighted by Gasteiger charge is 2.31. The number of quaternary nitrogens is 1. The molecule has 84 valence electrons. The van der Waals surface area contributed by atoms with Crippen LogP contribution in [0.25, 0.3) is 0 Å². The minimum atomic E-state index is 0. The first kappa shape index (κ1) is 12.5. The summed E-state index contributed by atoms with van der Waals surface area (Å²) in [6.07, 6.45) is 8.94. The maximum atomic E-state index is 2.44. The van der Waals surface area contributed by atoms with Crippen LogP contribution in [-0.2, 0) is 0 Å². The van der Waals surface area contributed by atoms with E-state index in [0.717, 1.165) is 5.92 Å². The van der Waals surface area contributed by atoms with Crippen LogP contribution in [0.1, 0.15) is 45.4 Å². The van der Waals surface area contributed by atoms with Gasteiger partial charge in [0.05, 0.1) is 26.2 Å². The summed E-state index contributed by atoms with van der Waals surface area (Å²) in [5.74, 6) is 0.999. The second-order valence-electron chi connectivity index (χ2n) is 5.33. The Kier molecular flexibility index (Phi) is 4.92. The summed E-state index contributed by atoms with van der Waals surface area (Å²) in [6.45, 7) is 8.40. The number of rotatable bonds is 0. The molecule has 2 fully saturated rings. The lowest BCUT2D eigenvalue weighted by Crippen LogP contribution is -3.00. The van der Waals surface area contributed by atoms with Gasteiger partial charge in [0.1, 0.15) is 0 Å². The van der Waals surface area contributed by atoms with Crippen molar-refractivity contribution in [1.29, 1.82) is 0 Å². The standard InChI is InChI=1S/C12H24N.BrH/c1-12-6-5-10-13(11-7-12)8-3-2-4-9-13;/h12H,2-11H2,1H3;1H/q+1;/p-1. The van der Waals surface area contributed by atoms with E-state index >= 15 is 0 Å². The molecule has 2 rings (SSSR count). The molecule has 1 atom stereocenters. The maximum Gasteiger partial charge on any atom is 0.0789 e. The first-order valence-electron chi connectivity index (χ1n) is 6.16. The van der Waals surface area contributed by atoms with Crippen LogP contribution in [0, 0.1) is 5.92 Å². The molecule has 2 aliphatic heterocycles. The van der Waals surface area contributed by atoms with Crippen LogP contribution in [0.3, 0.4) is 0 Å². The van der Waals surface area contributed by atoms with Gasteiger partial charge in [-0.25, -0.2) is 0 Å². The van der Waals surface area contributed by atoms with Crippen LogP contribution < -0.4 is 17.0 Å². The lowest BCUT2D eigenvalue weighted by atomic mass is 10.0. The highest BCUT2D eigenvalue weighted by molar-refractivity contribution is 4.62. The Balaban J connectivity index is 0.000000980. The SMILES string of the molecule is CC1CCC[N+]2(CCCCC2)CC1.[Br-]. The van der Waals surface area contributed by atoms with Gasteiger partial charge in [0, 0.05) is 0 Å². The fourth-order valence-corrected chi connectivity index (χ4v) is 3.16. The normalized spacial score (nSPS) is 31.9. The van der Waals surface area contributed by atoms with Gasteiger partial charge in [-0.2, -0.15) is 0 Å². The van der Waals surface area contributed by atoms with Crippen molar-refractivity contribution in [1.82, 2.24) is 0 Å². The lowest BCUT2D eigenvalue weighted by molar-refractivity contribution is -0.931. The van der Waals surface area contributed by atoms with Crippen molar-refractivity contribution in [2.75, 3.05) is 26.2 Å². The van der Waals surface area contributed by atoms with Gasteiger partial charge in [-0.3, -0.25) is 0 Å². The molecular weight excluding hydrogens is 238 g/mol. The van der Waals surface area contributed by atoms with Crippen molar-refractivity contribution in [2.24, 2.45) is 5.92 Å². The van der Waals surface area contributed by atoms with Crippen LogP contribution in [0.2, 0.25) is 0 Å². The highest BCUT2D eigenvalue weighted by atomic mass is 79.9. The fourth-order valence-electron chi connectivity index (χ4n) is 3.16. The van der Waals surface area contributed by atoms with Crippen molar-refractivity contribution in [3.8, 4) is 0 Å². The third-order valence-corrected chi connectivity index (χ3v) is 4.19. The summed E-state index contributed by atoms with van der Waals surface area (Å²) in [4.78, 5) is 0. The minimum absolute atomic E-state index is 0. The molecule has 2 heteroatoms. The minimum Gasteiger partial charge on any atom is -1.00 e. The van der Waals surface area contributed by atoms with Gasteiger partial charge in [-0.15, -0.1) is 0 Å². The molecule has 0 aliphatic carbocycles. The van der Waals surface area contributed by atoms with Gasteiger partial charge >= 0.3 is 0 Å². The fraction of sp³-hybridized carbons (Fsp3) is 1.00. The summed E-state index contributed by atoms with van der Waals surface area (Å²) >= 11 is 0. The maximum absolute atomic E-state index is 2.44. The smallest absolute Gasteiger partial charge is 0.0789 e. The predicted octanol–water partition coefficient (Wildman–Crippen LogP) is -0.189. The number of piperidine rings is 1. The molecule has 14 heavy (non-hydrogen) atoms. The van der Waals surface area contributed by atoms with Crippen LogP contribution in [0.4, 0.5) is 0 Å². The van der Waals surface area contributed by atoms with Crippen molar-refractivity contribution in [3.05, 3.63) is 0 Å². The second kappa shape index (κ2) is 5.50. The van der Waals surface area contributed by atoms with Crippen LogP contribution in [0.15, 0.2) is 0 Å². The van der Waals surface area contributed by atoms with Crippen LogP contribution >= 0.6 is 0 Å². The quantitative estimate of drug-likeness (QED) is 0.531. The number of halogens is 1. The summed E-state index contributed by atoms with van der Waals surface area (Å²) in [7, 11) is 0. The highest BCUT2D eigenvalue weighted by Crippen LogP contribution is 2.26. The van der Waals surface area contributed by atoms with Crippen molar-refractivity contribution >= 4 is 0 Å². The largest absolute Gasteiger partial charge is 1.00 e. The molecule has 2 heterocycles. The molecule has 0 aromatic rings. The molecule has 1 nitrogen and oxygen atoms in total. The molecule has 0 aromatic carbocycles. The van der Waals surface area contributed by atoms with E-state index in [1.165, 1.54) is 69.2 Å². The molecule has 1 spiro atoms. The lowest BCUT2D eigenvalue weighted by Gasteiger charge is -2.41. The molecule has 0 bridgehead atoms. The zero-order valence-electron chi connectivity index (χ0n) is 9.47. The Morgan fingerprint density at radius 1 is 0.786 bits per heavy atom. The summed E-state index contributed by atoms with van der Waals surface area (Å²) in [5.41, 5.74) is 0. The number of hydrogen-bond acceptors (Lipinski definition) is 0. The zero-order chi connectivity index (χ0) is 9.15. The molecular formula is C12H24BrN. The van der Waals surface area contributed by atoms with Crippen molar-refractivity contribution < 1.29 is 21.5 Å². The van der Waals surface area contributed by atoms with E-state index < -0.39 is 0 Å². The zero-order valence-corrected chi connectivity index (χ0v) is 11.1. The molecule has 0 radical (unpaired) electrons. The molecule has 0 aromatic heterocycles. The second-order valence-corrected chi connectivity index (χ2v) is 5.33. The van der Waals surface area contributed by atoms with Gasteiger partial charge in [-0.1, -0.05) is 6.92 Å². The van der Waals surface area contributed by atoms with E-state index in [-0.39, 0.29) is 17.0 Å². The summed E-state index contributed by atoms with van der Waals surface area (Å²) in [5, 5.41) is 0. The third-order valence-electron chi connectivity index (χ3n) is 4.19. The number of hydrogen-bond donors (Lipinski definition) is 0. The Labute approximate surface area is 99.2 Å². The Hall–Kier alpha value is 0.440. The predicted molar refractivity (Wildman–Crippen MR) is 56.6 cm³/mol. The van der Waals surface area contributed by atoms with E-state index in [4.69, 9.17) is 0 Å². The Bertz CT molecular complexity index is 164. The molecule has 0 saturated carbocycles. The van der Waals surface area contributed by atoms with E-state index in [1.807, 2.05) is 0 Å². The molecule has 1 unspecified atom stereocenters. The first-order valence-corrected chi connectivity index (χ1v) is 6.16. The average molecular weight is 262 g/mol. The van der Waals surface area contributed by atoms with Crippen molar-refractivity contribution in [3.63, 3.8) is 0 Å². The Morgan fingerprint density at radius 3 is 2.14 bits per heavy atom. The van der Waals surface area contributed by atoms with E-state index in [9.17, 15) is 0 Å². The first-order chi connectivity index (χ1) is 6.31. The molecule has 0 N–H and O–H groups in total. The van der Waals surface area contributed by atoms with Gasteiger partial charge in [0.15, 0.2) is 0 Å². The summed E-state index contributed by atoms with van der Waals surface area (Å²) < 4.78 is 1.49. The average Bonchev–Trinajstić information content (AvgIpc) is 2.32. The van der Waals surface area contributed by atoms with Crippen molar-refractivity contribution in [2.45, 2.75) is 45.4 Å². The van der Waals surface area contributed by atoms with Crippen LogP contribution in [-0.4, -0.2) is 30.7 Å². The van der Waals surface area contributed by atoms with Gasteiger partial charge in [0.2, 0.25) is 0 Å². The summed E-state index contributed by atoms with van der Waals surface area (Å²) in [6, 6.07) is 0. The molecule has 0 amide bonds. The molecule has 2 aliphatic rings. The van der Waals surface area contributed by atoms with Gasteiger partial charge < -0.3 is 21.5 Å². The molecule has 2 saturated heterocycles. The van der Waals surface area contributed by atoms with Gasteiger partial charge in [0.25, 0.3) is 0 Å². The monoisotopic (exact) mass is 261 g/mol. The third kappa shape index (κ3) is 2.96. The number of nitrogens with zero attached hydrogens (tertiary/aromatic N) is 1.